The van der Waals surface area contributed by atoms with E-state index in [0.29, 0.717) is 10.7 Å². The number of Topliss-reactive ketones (excluding diaryl/α,β-unsaturated/α-hetero) is 1. The highest BCUT2D eigenvalue weighted by molar-refractivity contribution is 7.80. The molecule has 1 aromatic carbocycles. The predicted octanol–water partition coefficient (Wildman–Crippen LogP) is 2.25. The van der Waals surface area contributed by atoms with Crippen LogP contribution in [0.5, 0.6) is 0 Å². The van der Waals surface area contributed by atoms with E-state index >= 15 is 0 Å². The fourth-order valence-corrected chi connectivity index (χ4v) is 1.69. The molecule has 0 aliphatic heterocycles. The number of hydrogen-bond acceptors (Lipinski definition) is 3. The van der Waals surface area contributed by atoms with Gasteiger partial charge in [-0.25, -0.2) is 0 Å². The van der Waals surface area contributed by atoms with Crippen molar-refractivity contribution >= 4 is 28.8 Å². The summed E-state index contributed by atoms with van der Waals surface area (Å²) in [6.45, 7) is 0.155. The average Bonchev–Trinajstić information content (AvgIpc) is 2.47. The van der Waals surface area contributed by atoms with Gasteiger partial charge in [-0.15, -0.1) is 0 Å². The van der Waals surface area contributed by atoms with E-state index in [-0.39, 0.29) is 12.3 Å². The lowest BCUT2D eigenvalue weighted by molar-refractivity contribution is 0.0996. The summed E-state index contributed by atoms with van der Waals surface area (Å²) in [5.74, 6) is -0.0281. The van der Waals surface area contributed by atoms with E-state index in [1.807, 2.05) is 30.3 Å². The molecular formula is C14H13N3OS. The van der Waals surface area contributed by atoms with Crippen molar-refractivity contribution in [3.63, 3.8) is 0 Å². The third-order valence-electron chi connectivity index (χ3n) is 2.44. The lowest BCUT2D eigenvalue weighted by Gasteiger charge is -2.09. The summed E-state index contributed by atoms with van der Waals surface area (Å²) >= 11 is 5.12. The Balaban J connectivity index is 1.83. The van der Waals surface area contributed by atoms with E-state index in [1.54, 1.807) is 24.5 Å². The number of anilines is 1. The maximum Gasteiger partial charge on any atom is 0.182 e. The van der Waals surface area contributed by atoms with Crippen LogP contribution in [-0.2, 0) is 0 Å². The molecule has 0 unspecified atom stereocenters. The Morgan fingerprint density at radius 2 is 1.79 bits per heavy atom. The number of pyridine rings is 1. The Bertz CT molecular complexity index is 557. The first-order valence-corrected chi connectivity index (χ1v) is 6.19. The topological polar surface area (TPSA) is 54.0 Å². The van der Waals surface area contributed by atoms with Crippen LogP contribution in [-0.4, -0.2) is 22.4 Å². The average molecular weight is 271 g/mol. The summed E-state index contributed by atoms with van der Waals surface area (Å²) in [5, 5.41) is 6.31. The van der Waals surface area contributed by atoms with Gasteiger partial charge in [0.15, 0.2) is 10.9 Å². The van der Waals surface area contributed by atoms with Gasteiger partial charge in [0, 0.05) is 23.6 Å². The molecule has 1 heterocycles. The van der Waals surface area contributed by atoms with Crippen molar-refractivity contribution in [1.82, 2.24) is 10.3 Å². The van der Waals surface area contributed by atoms with Crippen LogP contribution in [0, 0.1) is 0 Å². The van der Waals surface area contributed by atoms with Crippen LogP contribution in [0.3, 0.4) is 0 Å². The van der Waals surface area contributed by atoms with Crippen molar-refractivity contribution in [3.05, 3.63) is 60.4 Å². The van der Waals surface area contributed by atoms with E-state index in [1.165, 1.54) is 0 Å². The van der Waals surface area contributed by atoms with Gasteiger partial charge >= 0.3 is 0 Å². The van der Waals surface area contributed by atoms with Gasteiger partial charge in [0.05, 0.1) is 6.54 Å². The third kappa shape index (κ3) is 4.15. The molecule has 2 aromatic rings. The third-order valence-corrected chi connectivity index (χ3v) is 2.69. The van der Waals surface area contributed by atoms with Gasteiger partial charge in [-0.3, -0.25) is 9.78 Å². The van der Waals surface area contributed by atoms with E-state index in [2.05, 4.69) is 15.6 Å². The van der Waals surface area contributed by atoms with Crippen molar-refractivity contribution in [1.29, 1.82) is 0 Å². The van der Waals surface area contributed by atoms with Crippen molar-refractivity contribution in [2.24, 2.45) is 0 Å². The Kier molecular flexibility index (Phi) is 4.58. The van der Waals surface area contributed by atoms with Crippen LogP contribution in [0.25, 0.3) is 0 Å². The summed E-state index contributed by atoms with van der Waals surface area (Å²) in [6, 6.07) is 12.9. The number of carbonyl (C=O) groups excluding carboxylic acids is 1. The SMILES string of the molecule is O=C(CNC(=S)Nc1ccccc1)c1ccncc1. The molecule has 19 heavy (non-hydrogen) atoms. The second kappa shape index (κ2) is 6.61. The van der Waals surface area contributed by atoms with E-state index in [4.69, 9.17) is 12.2 Å². The number of nitrogens with one attached hydrogen (secondary N) is 2. The Morgan fingerprint density at radius 1 is 1.11 bits per heavy atom. The largest absolute Gasteiger partial charge is 0.355 e. The molecule has 0 aliphatic rings. The molecule has 0 atom stereocenters. The number of ketones is 1. The minimum atomic E-state index is -0.0281. The molecule has 0 radical (unpaired) electrons. The lowest BCUT2D eigenvalue weighted by Crippen LogP contribution is -2.33. The van der Waals surface area contributed by atoms with Crippen LogP contribution in [0.4, 0.5) is 5.69 Å². The van der Waals surface area contributed by atoms with Gasteiger partial charge in [-0.1, -0.05) is 18.2 Å². The Morgan fingerprint density at radius 3 is 2.47 bits per heavy atom. The quantitative estimate of drug-likeness (QED) is 0.660. The minimum Gasteiger partial charge on any atom is -0.355 e. The van der Waals surface area contributed by atoms with Gasteiger partial charge in [0.25, 0.3) is 0 Å². The molecule has 0 fully saturated rings. The molecule has 2 rings (SSSR count). The highest BCUT2D eigenvalue weighted by Crippen LogP contribution is 2.04. The molecule has 1 aromatic heterocycles. The van der Waals surface area contributed by atoms with Gasteiger partial charge in [-0.05, 0) is 36.5 Å². The normalized spacial score (nSPS) is 9.68. The lowest BCUT2D eigenvalue weighted by atomic mass is 10.2. The fourth-order valence-electron chi connectivity index (χ4n) is 1.50. The zero-order chi connectivity index (χ0) is 13.5. The number of hydrogen-bond donors (Lipinski definition) is 2. The summed E-state index contributed by atoms with van der Waals surface area (Å²) in [4.78, 5) is 15.7. The first kappa shape index (κ1) is 13.2. The van der Waals surface area contributed by atoms with Gasteiger partial charge in [-0.2, -0.15) is 0 Å². The molecule has 96 valence electrons. The number of para-hydroxylation sites is 1. The summed E-state index contributed by atoms with van der Waals surface area (Å²) in [5.41, 5.74) is 1.50. The van der Waals surface area contributed by atoms with Crippen molar-refractivity contribution in [2.75, 3.05) is 11.9 Å². The van der Waals surface area contributed by atoms with Gasteiger partial charge in [0.2, 0.25) is 0 Å². The number of aromatic nitrogens is 1. The number of nitrogens with zero attached hydrogens (tertiary/aromatic N) is 1. The van der Waals surface area contributed by atoms with Crippen LogP contribution >= 0.6 is 12.2 Å². The molecule has 0 amide bonds. The highest BCUT2D eigenvalue weighted by Gasteiger charge is 2.05. The van der Waals surface area contributed by atoms with Crippen LogP contribution in [0.1, 0.15) is 10.4 Å². The van der Waals surface area contributed by atoms with E-state index in [9.17, 15) is 4.79 Å². The molecule has 0 aliphatic carbocycles. The molecule has 0 saturated heterocycles. The molecule has 0 bridgehead atoms. The van der Waals surface area contributed by atoms with Gasteiger partial charge in [0.1, 0.15) is 0 Å². The van der Waals surface area contributed by atoms with Crippen molar-refractivity contribution < 1.29 is 4.79 Å². The highest BCUT2D eigenvalue weighted by atomic mass is 32.1. The number of thiocarbonyl (C=S) groups is 1. The molecule has 5 heteroatoms. The standard InChI is InChI=1S/C14H13N3OS/c18-13(11-6-8-15-9-7-11)10-16-14(19)17-12-4-2-1-3-5-12/h1-9H,10H2,(H2,16,17,19). The van der Waals surface area contributed by atoms with Crippen LogP contribution in [0.15, 0.2) is 54.9 Å². The second-order valence-corrected chi connectivity index (χ2v) is 4.24. The van der Waals surface area contributed by atoms with Crippen molar-refractivity contribution in [3.8, 4) is 0 Å². The molecule has 4 nitrogen and oxygen atoms in total. The fraction of sp³-hybridized carbons (Fsp3) is 0.0714. The second-order valence-electron chi connectivity index (χ2n) is 3.83. The molecular weight excluding hydrogens is 258 g/mol. The van der Waals surface area contributed by atoms with E-state index < -0.39 is 0 Å². The van der Waals surface area contributed by atoms with Gasteiger partial charge < -0.3 is 10.6 Å². The molecule has 0 saturated carbocycles. The van der Waals surface area contributed by atoms with Crippen LogP contribution in [0.2, 0.25) is 0 Å². The maximum atomic E-state index is 11.8. The first-order chi connectivity index (χ1) is 9.25. The van der Waals surface area contributed by atoms with E-state index in [0.717, 1.165) is 5.69 Å². The monoisotopic (exact) mass is 271 g/mol. The zero-order valence-electron chi connectivity index (χ0n) is 10.2. The minimum absolute atomic E-state index is 0.0281. The summed E-state index contributed by atoms with van der Waals surface area (Å²) in [7, 11) is 0. The maximum absolute atomic E-state index is 11.8. The molecule has 2 N–H and O–H groups in total. The summed E-state index contributed by atoms with van der Waals surface area (Å²) in [6.07, 6.45) is 3.18. The Hall–Kier alpha value is -2.27. The Labute approximate surface area is 116 Å². The van der Waals surface area contributed by atoms with Crippen molar-refractivity contribution in [2.45, 2.75) is 0 Å². The number of carbonyl (C=O) groups is 1. The first-order valence-electron chi connectivity index (χ1n) is 5.79. The smallest absolute Gasteiger partial charge is 0.182 e. The van der Waals surface area contributed by atoms with Crippen LogP contribution < -0.4 is 10.6 Å². The predicted molar refractivity (Wildman–Crippen MR) is 79.2 cm³/mol. The zero-order valence-corrected chi connectivity index (χ0v) is 11.0. The molecule has 0 spiro atoms. The summed E-state index contributed by atoms with van der Waals surface area (Å²) < 4.78 is 0. The number of benzene rings is 1. The number of rotatable bonds is 4.